The van der Waals surface area contributed by atoms with E-state index in [-0.39, 0.29) is 16.4 Å². The number of amides is 1. The number of sulfone groups is 1. The third kappa shape index (κ3) is 3.72. The van der Waals surface area contributed by atoms with Crippen molar-refractivity contribution in [3.63, 3.8) is 0 Å². The predicted molar refractivity (Wildman–Crippen MR) is 101 cm³/mol. The molecule has 0 saturated heterocycles. The van der Waals surface area contributed by atoms with Crippen molar-refractivity contribution in [1.82, 2.24) is 4.98 Å². The SMILES string of the molecule is CC(C)c1cccc2sc(NC(=O)c3cccc(S(C)(=O)=O)c3)nc12. The van der Waals surface area contributed by atoms with Crippen LogP contribution in [0.4, 0.5) is 5.13 Å². The molecule has 25 heavy (non-hydrogen) atoms. The molecule has 0 unspecified atom stereocenters. The average Bonchev–Trinajstić information content (AvgIpc) is 2.96. The lowest BCUT2D eigenvalue weighted by Crippen LogP contribution is -2.12. The zero-order valence-electron chi connectivity index (χ0n) is 14.1. The quantitative estimate of drug-likeness (QED) is 0.747. The van der Waals surface area contributed by atoms with Crippen molar-refractivity contribution in [2.45, 2.75) is 24.7 Å². The van der Waals surface area contributed by atoms with Gasteiger partial charge in [-0.05, 0) is 35.7 Å². The third-order valence-corrected chi connectivity index (χ3v) is 5.86. The summed E-state index contributed by atoms with van der Waals surface area (Å²) in [4.78, 5) is 17.1. The van der Waals surface area contributed by atoms with E-state index in [2.05, 4.69) is 24.1 Å². The molecule has 1 N–H and O–H groups in total. The maximum Gasteiger partial charge on any atom is 0.257 e. The van der Waals surface area contributed by atoms with Crippen LogP contribution in [0.25, 0.3) is 10.2 Å². The Morgan fingerprint density at radius 1 is 1.16 bits per heavy atom. The van der Waals surface area contributed by atoms with E-state index < -0.39 is 9.84 Å². The van der Waals surface area contributed by atoms with Crippen molar-refractivity contribution in [2.24, 2.45) is 0 Å². The molecule has 3 rings (SSSR count). The number of benzene rings is 2. The van der Waals surface area contributed by atoms with Gasteiger partial charge in [0.05, 0.1) is 15.1 Å². The van der Waals surface area contributed by atoms with Crippen molar-refractivity contribution in [1.29, 1.82) is 0 Å². The molecule has 1 amide bonds. The van der Waals surface area contributed by atoms with Crippen LogP contribution in [0.3, 0.4) is 0 Å². The van der Waals surface area contributed by atoms with Crippen molar-refractivity contribution in [3.05, 3.63) is 53.6 Å². The fraction of sp³-hybridized carbons (Fsp3) is 0.222. The molecule has 0 atom stereocenters. The molecule has 0 aliphatic heterocycles. The van der Waals surface area contributed by atoms with E-state index in [4.69, 9.17) is 0 Å². The second-order valence-corrected chi connectivity index (χ2v) is 9.17. The molecule has 130 valence electrons. The van der Waals surface area contributed by atoms with Crippen molar-refractivity contribution in [2.75, 3.05) is 11.6 Å². The molecule has 0 bridgehead atoms. The standard InChI is InChI=1S/C18H18N2O3S2/c1-11(2)14-8-5-9-15-16(14)19-18(24-15)20-17(21)12-6-4-7-13(10-12)25(3,22)23/h4-11H,1-3H3,(H,19,20,21). The van der Waals surface area contributed by atoms with Crippen LogP contribution in [-0.2, 0) is 9.84 Å². The van der Waals surface area contributed by atoms with Crippen LogP contribution in [0.1, 0.15) is 35.7 Å². The number of hydrogen-bond acceptors (Lipinski definition) is 5. The normalized spacial score (nSPS) is 11.8. The topological polar surface area (TPSA) is 76.1 Å². The second kappa shape index (κ2) is 6.57. The summed E-state index contributed by atoms with van der Waals surface area (Å²) in [6.45, 7) is 4.20. The first-order valence-electron chi connectivity index (χ1n) is 7.76. The molecular weight excluding hydrogens is 356 g/mol. The summed E-state index contributed by atoms with van der Waals surface area (Å²) in [5, 5.41) is 3.26. The number of hydrogen-bond donors (Lipinski definition) is 1. The highest BCUT2D eigenvalue weighted by Gasteiger charge is 2.15. The van der Waals surface area contributed by atoms with Gasteiger partial charge in [0, 0.05) is 11.8 Å². The second-order valence-electron chi connectivity index (χ2n) is 6.12. The maximum absolute atomic E-state index is 12.4. The summed E-state index contributed by atoms with van der Waals surface area (Å²) in [7, 11) is -3.36. The number of carbonyl (C=O) groups is 1. The van der Waals surface area contributed by atoms with Gasteiger partial charge in [0.25, 0.3) is 5.91 Å². The minimum atomic E-state index is -3.36. The van der Waals surface area contributed by atoms with Crippen molar-refractivity contribution >= 4 is 42.4 Å². The van der Waals surface area contributed by atoms with Crippen LogP contribution in [0, 0.1) is 0 Å². The number of carbonyl (C=O) groups excluding carboxylic acids is 1. The van der Waals surface area contributed by atoms with E-state index in [1.807, 2.05) is 18.2 Å². The smallest absolute Gasteiger partial charge is 0.257 e. The molecule has 2 aromatic carbocycles. The van der Waals surface area contributed by atoms with E-state index >= 15 is 0 Å². The molecule has 1 aromatic heterocycles. The van der Waals surface area contributed by atoms with Gasteiger partial charge in [-0.3, -0.25) is 10.1 Å². The van der Waals surface area contributed by atoms with Gasteiger partial charge < -0.3 is 0 Å². The first-order chi connectivity index (χ1) is 11.8. The Morgan fingerprint density at radius 2 is 1.88 bits per heavy atom. The molecule has 0 spiro atoms. The van der Waals surface area contributed by atoms with Crippen LogP contribution in [0.5, 0.6) is 0 Å². The number of para-hydroxylation sites is 1. The van der Waals surface area contributed by atoms with Crippen LogP contribution < -0.4 is 5.32 Å². The van der Waals surface area contributed by atoms with Gasteiger partial charge in [0.1, 0.15) is 0 Å². The monoisotopic (exact) mass is 374 g/mol. The van der Waals surface area contributed by atoms with E-state index in [1.54, 1.807) is 12.1 Å². The van der Waals surface area contributed by atoms with Crippen molar-refractivity contribution in [3.8, 4) is 0 Å². The summed E-state index contributed by atoms with van der Waals surface area (Å²) in [5.74, 6) is -0.0450. The van der Waals surface area contributed by atoms with Gasteiger partial charge >= 0.3 is 0 Å². The van der Waals surface area contributed by atoms with Gasteiger partial charge in [-0.1, -0.05) is 43.4 Å². The van der Waals surface area contributed by atoms with Crippen molar-refractivity contribution < 1.29 is 13.2 Å². The Hall–Kier alpha value is -2.25. The first-order valence-corrected chi connectivity index (χ1v) is 10.5. The largest absolute Gasteiger partial charge is 0.298 e. The Labute approximate surface area is 150 Å². The summed E-state index contributed by atoms with van der Waals surface area (Å²) in [6, 6.07) is 12.0. The zero-order chi connectivity index (χ0) is 18.2. The molecule has 7 heteroatoms. The maximum atomic E-state index is 12.4. The number of rotatable bonds is 4. The van der Waals surface area contributed by atoms with Gasteiger partial charge in [-0.25, -0.2) is 13.4 Å². The minimum Gasteiger partial charge on any atom is -0.298 e. The summed E-state index contributed by atoms with van der Waals surface area (Å²) in [6.07, 6.45) is 1.12. The Balaban J connectivity index is 1.91. The molecule has 0 aliphatic carbocycles. The average molecular weight is 374 g/mol. The Kier molecular flexibility index (Phi) is 4.62. The number of nitrogens with one attached hydrogen (secondary N) is 1. The summed E-state index contributed by atoms with van der Waals surface area (Å²) in [5.41, 5.74) is 2.31. The van der Waals surface area contributed by atoms with E-state index in [1.165, 1.54) is 23.5 Å². The number of aromatic nitrogens is 1. The lowest BCUT2D eigenvalue weighted by molar-refractivity contribution is 0.102. The highest BCUT2D eigenvalue weighted by molar-refractivity contribution is 7.90. The molecule has 0 fully saturated rings. The first kappa shape index (κ1) is 17.6. The molecule has 0 aliphatic rings. The van der Waals surface area contributed by atoms with Crippen LogP contribution in [0.2, 0.25) is 0 Å². The fourth-order valence-corrected chi connectivity index (χ4v) is 4.09. The fourth-order valence-electron chi connectivity index (χ4n) is 2.53. The molecule has 5 nitrogen and oxygen atoms in total. The number of anilines is 1. The Morgan fingerprint density at radius 3 is 2.56 bits per heavy atom. The summed E-state index contributed by atoms with van der Waals surface area (Å²) >= 11 is 1.40. The number of nitrogens with zero attached hydrogens (tertiary/aromatic N) is 1. The van der Waals surface area contributed by atoms with E-state index in [0.29, 0.717) is 11.0 Å². The molecule has 1 heterocycles. The van der Waals surface area contributed by atoms with Crippen LogP contribution in [0.15, 0.2) is 47.4 Å². The van der Waals surface area contributed by atoms with E-state index in [9.17, 15) is 13.2 Å². The van der Waals surface area contributed by atoms with Crippen LogP contribution in [-0.4, -0.2) is 25.6 Å². The summed E-state index contributed by atoms with van der Waals surface area (Å²) < 4.78 is 24.3. The van der Waals surface area contributed by atoms with Gasteiger partial charge in [0.2, 0.25) is 0 Å². The molecule has 3 aromatic rings. The van der Waals surface area contributed by atoms with Crippen LogP contribution >= 0.6 is 11.3 Å². The lowest BCUT2D eigenvalue weighted by atomic mass is 10.0. The zero-order valence-corrected chi connectivity index (χ0v) is 15.7. The van der Waals surface area contributed by atoms with Gasteiger partial charge in [-0.2, -0.15) is 0 Å². The number of thiazole rings is 1. The highest BCUT2D eigenvalue weighted by atomic mass is 32.2. The third-order valence-electron chi connectivity index (χ3n) is 3.82. The molecule has 0 saturated carbocycles. The molecular formula is C18H18N2O3S2. The number of fused-ring (bicyclic) bond motifs is 1. The molecule has 0 radical (unpaired) electrons. The minimum absolute atomic E-state index is 0.117. The van der Waals surface area contributed by atoms with Gasteiger partial charge in [-0.15, -0.1) is 0 Å². The van der Waals surface area contributed by atoms with E-state index in [0.717, 1.165) is 22.0 Å². The highest BCUT2D eigenvalue weighted by Crippen LogP contribution is 2.31. The Bertz CT molecular complexity index is 1050. The predicted octanol–water partition coefficient (Wildman–Crippen LogP) is 4.08. The van der Waals surface area contributed by atoms with Gasteiger partial charge in [0.15, 0.2) is 15.0 Å². The lowest BCUT2D eigenvalue weighted by Gasteiger charge is -2.05.